The van der Waals surface area contributed by atoms with Crippen LogP contribution in [0, 0.1) is 0 Å². The fourth-order valence-electron chi connectivity index (χ4n) is 3.27. The molecule has 1 aliphatic heterocycles. The zero-order chi connectivity index (χ0) is 17.2. The Hall–Kier alpha value is -2.37. The lowest BCUT2D eigenvalue weighted by atomic mass is 9.82. The standard InChI is InChI=1S/C18H23N3O3/c1-13(2)24-15-9-5-4-8-14(15)12-19-21-16(22)18(20-17(21)23)10-6-3-7-11-18/h4-5,8-9,12-13H,3,6-7,10-11H2,1-2H3,(H,20,23)/b19-12+. The Kier molecular flexibility index (Phi) is 4.55. The van der Waals surface area contributed by atoms with Crippen molar-refractivity contribution in [2.24, 2.45) is 5.10 Å². The third-order valence-corrected chi connectivity index (χ3v) is 4.44. The van der Waals surface area contributed by atoms with E-state index in [-0.39, 0.29) is 12.0 Å². The summed E-state index contributed by atoms with van der Waals surface area (Å²) in [5.41, 5.74) is -0.0166. The van der Waals surface area contributed by atoms with E-state index in [1.54, 1.807) is 0 Å². The topological polar surface area (TPSA) is 71.0 Å². The second kappa shape index (κ2) is 6.63. The van der Waals surface area contributed by atoms with Crippen LogP contribution in [-0.2, 0) is 4.79 Å². The van der Waals surface area contributed by atoms with Crippen molar-refractivity contribution < 1.29 is 14.3 Å². The molecule has 1 aromatic carbocycles. The summed E-state index contributed by atoms with van der Waals surface area (Å²) in [5, 5.41) is 7.94. The van der Waals surface area contributed by atoms with Crippen LogP contribution in [0.1, 0.15) is 51.5 Å². The normalized spacial score (nSPS) is 20.2. The molecular formula is C18H23N3O3. The Morgan fingerprint density at radius 1 is 1.21 bits per heavy atom. The quantitative estimate of drug-likeness (QED) is 0.682. The number of amides is 3. The van der Waals surface area contributed by atoms with Crippen molar-refractivity contribution in [2.45, 2.75) is 57.6 Å². The third kappa shape index (κ3) is 3.13. The average molecular weight is 329 g/mol. The van der Waals surface area contributed by atoms with Crippen LogP contribution in [0.15, 0.2) is 29.4 Å². The number of hydrazone groups is 1. The van der Waals surface area contributed by atoms with Gasteiger partial charge in [-0.2, -0.15) is 5.10 Å². The van der Waals surface area contributed by atoms with Crippen molar-refractivity contribution in [3.63, 3.8) is 0 Å². The molecule has 1 heterocycles. The molecular weight excluding hydrogens is 306 g/mol. The monoisotopic (exact) mass is 329 g/mol. The van der Waals surface area contributed by atoms with Crippen LogP contribution >= 0.6 is 0 Å². The number of hydrogen-bond donors (Lipinski definition) is 1. The van der Waals surface area contributed by atoms with Crippen LogP contribution in [0.25, 0.3) is 0 Å². The third-order valence-electron chi connectivity index (χ3n) is 4.44. The lowest BCUT2D eigenvalue weighted by Crippen LogP contribution is -2.48. The van der Waals surface area contributed by atoms with Gasteiger partial charge >= 0.3 is 6.03 Å². The molecule has 1 saturated carbocycles. The lowest BCUT2D eigenvalue weighted by molar-refractivity contribution is -0.132. The molecule has 1 aromatic rings. The highest BCUT2D eigenvalue weighted by Gasteiger charge is 2.51. The van der Waals surface area contributed by atoms with Crippen LogP contribution in [0.3, 0.4) is 0 Å². The Morgan fingerprint density at radius 2 is 1.92 bits per heavy atom. The number of imide groups is 1. The summed E-state index contributed by atoms with van der Waals surface area (Å²) >= 11 is 0. The summed E-state index contributed by atoms with van der Waals surface area (Å²) < 4.78 is 5.73. The summed E-state index contributed by atoms with van der Waals surface area (Å²) in [7, 11) is 0. The molecule has 24 heavy (non-hydrogen) atoms. The van der Waals surface area contributed by atoms with Crippen molar-refractivity contribution in [2.75, 3.05) is 0 Å². The molecule has 1 aliphatic carbocycles. The van der Waals surface area contributed by atoms with Gasteiger partial charge in [-0.05, 0) is 38.8 Å². The molecule has 6 nitrogen and oxygen atoms in total. The Labute approximate surface area is 141 Å². The summed E-state index contributed by atoms with van der Waals surface area (Å²) in [6.07, 6.45) is 5.93. The van der Waals surface area contributed by atoms with Gasteiger partial charge in [-0.3, -0.25) is 4.79 Å². The fourth-order valence-corrected chi connectivity index (χ4v) is 3.27. The van der Waals surface area contributed by atoms with Gasteiger partial charge in [0.2, 0.25) is 0 Å². The molecule has 0 unspecified atom stereocenters. The second-order valence-electron chi connectivity index (χ2n) is 6.64. The van der Waals surface area contributed by atoms with E-state index in [2.05, 4.69) is 10.4 Å². The SMILES string of the molecule is CC(C)Oc1ccccc1/C=N/N1C(=O)NC2(CCCCC2)C1=O. The van der Waals surface area contributed by atoms with E-state index in [0.29, 0.717) is 18.6 Å². The summed E-state index contributed by atoms with van der Waals surface area (Å²) in [6.45, 7) is 3.89. The number of ether oxygens (including phenoxy) is 1. The number of rotatable bonds is 4. The summed E-state index contributed by atoms with van der Waals surface area (Å²) in [4.78, 5) is 24.9. The van der Waals surface area contributed by atoms with Gasteiger partial charge in [0.05, 0.1) is 12.3 Å². The van der Waals surface area contributed by atoms with Crippen molar-refractivity contribution in [1.29, 1.82) is 0 Å². The first-order valence-corrected chi connectivity index (χ1v) is 8.48. The van der Waals surface area contributed by atoms with E-state index in [9.17, 15) is 9.59 Å². The highest BCUT2D eigenvalue weighted by molar-refractivity contribution is 6.07. The van der Waals surface area contributed by atoms with E-state index >= 15 is 0 Å². The maximum atomic E-state index is 12.7. The van der Waals surface area contributed by atoms with Crippen LogP contribution in [0.4, 0.5) is 4.79 Å². The first-order valence-electron chi connectivity index (χ1n) is 8.48. The van der Waals surface area contributed by atoms with Gasteiger partial charge in [0, 0.05) is 5.56 Å². The average Bonchev–Trinajstić information content (AvgIpc) is 2.77. The summed E-state index contributed by atoms with van der Waals surface area (Å²) in [6, 6.07) is 6.98. The van der Waals surface area contributed by atoms with Gasteiger partial charge in [0.1, 0.15) is 11.3 Å². The molecule has 1 N–H and O–H groups in total. The molecule has 0 atom stereocenters. The molecule has 3 amide bonds. The van der Waals surface area contributed by atoms with Gasteiger partial charge < -0.3 is 10.1 Å². The van der Waals surface area contributed by atoms with Crippen LogP contribution in [0.2, 0.25) is 0 Å². The van der Waals surface area contributed by atoms with E-state index in [4.69, 9.17) is 4.74 Å². The van der Waals surface area contributed by atoms with E-state index in [1.165, 1.54) is 6.21 Å². The van der Waals surface area contributed by atoms with Crippen molar-refractivity contribution in [3.05, 3.63) is 29.8 Å². The predicted molar refractivity (Wildman–Crippen MR) is 91.0 cm³/mol. The van der Waals surface area contributed by atoms with Crippen molar-refractivity contribution in [3.8, 4) is 5.75 Å². The number of carbonyl (C=O) groups excluding carboxylic acids is 2. The Bertz CT molecular complexity index is 663. The van der Waals surface area contributed by atoms with Gasteiger partial charge in [0.25, 0.3) is 5.91 Å². The fraction of sp³-hybridized carbons (Fsp3) is 0.500. The smallest absolute Gasteiger partial charge is 0.346 e. The van der Waals surface area contributed by atoms with Gasteiger partial charge in [-0.25, -0.2) is 4.79 Å². The minimum absolute atomic E-state index is 0.0294. The number of urea groups is 1. The van der Waals surface area contributed by atoms with Crippen molar-refractivity contribution in [1.82, 2.24) is 10.3 Å². The van der Waals surface area contributed by atoms with Gasteiger partial charge in [0.15, 0.2) is 0 Å². The molecule has 0 bridgehead atoms. The number of para-hydroxylation sites is 1. The molecule has 0 radical (unpaired) electrons. The number of benzene rings is 1. The van der Waals surface area contributed by atoms with Gasteiger partial charge in [-0.1, -0.05) is 31.4 Å². The maximum absolute atomic E-state index is 12.7. The van der Waals surface area contributed by atoms with E-state index in [1.807, 2.05) is 38.1 Å². The molecule has 2 fully saturated rings. The highest BCUT2D eigenvalue weighted by Crippen LogP contribution is 2.33. The highest BCUT2D eigenvalue weighted by atomic mass is 16.5. The first kappa shape index (κ1) is 16.5. The second-order valence-corrected chi connectivity index (χ2v) is 6.64. The zero-order valence-corrected chi connectivity index (χ0v) is 14.1. The molecule has 2 aliphatic rings. The molecule has 1 saturated heterocycles. The zero-order valence-electron chi connectivity index (χ0n) is 14.1. The molecule has 3 rings (SSSR count). The van der Waals surface area contributed by atoms with Crippen LogP contribution < -0.4 is 10.1 Å². The minimum atomic E-state index is -0.749. The predicted octanol–water partition coefficient (Wildman–Crippen LogP) is 3.06. The molecule has 1 spiro atoms. The summed E-state index contributed by atoms with van der Waals surface area (Å²) in [5.74, 6) is 0.432. The van der Waals surface area contributed by atoms with E-state index < -0.39 is 11.6 Å². The maximum Gasteiger partial charge on any atom is 0.346 e. The minimum Gasteiger partial charge on any atom is -0.490 e. The number of nitrogens with zero attached hydrogens (tertiary/aromatic N) is 2. The Balaban J connectivity index is 1.80. The van der Waals surface area contributed by atoms with Crippen molar-refractivity contribution >= 4 is 18.2 Å². The molecule has 0 aromatic heterocycles. The van der Waals surface area contributed by atoms with Crippen LogP contribution in [0.5, 0.6) is 5.75 Å². The number of nitrogens with one attached hydrogen (secondary N) is 1. The molecule has 6 heteroatoms. The largest absolute Gasteiger partial charge is 0.490 e. The molecule has 128 valence electrons. The lowest BCUT2D eigenvalue weighted by Gasteiger charge is -2.29. The van der Waals surface area contributed by atoms with E-state index in [0.717, 1.165) is 29.8 Å². The first-order chi connectivity index (χ1) is 11.5. The number of hydrogen-bond acceptors (Lipinski definition) is 4. The van der Waals surface area contributed by atoms with Crippen LogP contribution in [-0.4, -0.2) is 34.8 Å². The number of carbonyl (C=O) groups is 2. The van der Waals surface area contributed by atoms with Gasteiger partial charge in [-0.15, -0.1) is 5.01 Å². The Morgan fingerprint density at radius 3 is 2.62 bits per heavy atom.